The Morgan fingerprint density at radius 3 is 2.64 bits per heavy atom. The molecule has 0 spiro atoms. The minimum Gasteiger partial charge on any atom is -0.393 e. The van der Waals surface area contributed by atoms with Crippen LogP contribution in [0.4, 0.5) is 5.82 Å². The van der Waals surface area contributed by atoms with Crippen LogP contribution in [0.25, 0.3) is 0 Å². The molecule has 2 heterocycles. The van der Waals surface area contributed by atoms with Crippen molar-refractivity contribution < 1.29 is 9.84 Å². The normalized spacial score (nSPS) is 29.8. The largest absolute Gasteiger partial charge is 0.393 e. The van der Waals surface area contributed by atoms with Crippen LogP contribution < -0.4 is 5.32 Å². The van der Waals surface area contributed by atoms with E-state index in [9.17, 15) is 5.11 Å². The fourth-order valence-electron chi connectivity index (χ4n) is 4.63. The molecule has 0 radical (unpaired) electrons. The molecule has 0 aromatic carbocycles. The number of nitrogens with zero attached hydrogens (tertiary/aromatic N) is 3. The van der Waals surface area contributed by atoms with Gasteiger partial charge in [0.05, 0.1) is 19.3 Å². The number of morpholine rings is 1. The number of aliphatic hydroxyl groups is 1. The summed E-state index contributed by atoms with van der Waals surface area (Å²) < 4.78 is 5.56. The molecular formula is C19H30N4O2. The summed E-state index contributed by atoms with van der Waals surface area (Å²) in [5.41, 5.74) is 1.30. The lowest BCUT2D eigenvalue weighted by Crippen LogP contribution is -2.58. The summed E-state index contributed by atoms with van der Waals surface area (Å²) >= 11 is 0. The minimum absolute atomic E-state index is 0.150. The predicted molar refractivity (Wildman–Crippen MR) is 96.7 cm³/mol. The SMILES string of the molecule is OC1CC(c2cc(NCC3(N4CCOCC4)CCCCC3)ncn2)C1. The first-order valence-corrected chi connectivity index (χ1v) is 9.82. The highest BCUT2D eigenvalue weighted by atomic mass is 16.5. The highest BCUT2D eigenvalue weighted by molar-refractivity contribution is 5.37. The molecule has 0 amide bonds. The van der Waals surface area contributed by atoms with E-state index in [1.807, 2.05) is 0 Å². The van der Waals surface area contributed by atoms with Gasteiger partial charge in [0.2, 0.25) is 0 Å². The lowest BCUT2D eigenvalue weighted by molar-refractivity contribution is -0.0318. The molecule has 3 aliphatic rings. The van der Waals surface area contributed by atoms with Crippen LogP contribution in [0.1, 0.15) is 56.6 Å². The number of hydrogen-bond donors (Lipinski definition) is 2. The monoisotopic (exact) mass is 346 g/mol. The Morgan fingerprint density at radius 1 is 1.16 bits per heavy atom. The first-order chi connectivity index (χ1) is 12.3. The van der Waals surface area contributed by atoms with Gasteiger partial charge in [-0.3, -0.25) is 4.90 Å². The molecule has 1 saturated heterocycles. The molecule has 1 aromatic rings. The standard InChI is InChI=1S/C19H30N4O2/c24-16-10-15(11-16)17-12-18(22-14-21-17)20-13-19(4-2-1-3-5-19)23-6-8-25-9-7-23/h12,14-16,24H,1-11,13H2,(H,20,21,22). The van der Waals surface area contributed by atoms with Crippen LogP contribution in [0.3, 0.4) is 0 Å². The van der Waals surface area contributed by atoms with E-state index in [1.54, 1.807) is 6.33 Å². The zero-order chi connectivity index (χ0) is 17.1. The maximum absolute atomic E-state index is 9.53. The molecule has 138 valence electrons. The van der Waals surface area contributed by atoms with Gasteiger partial charge >= 0.3 is 0 Å². The third-order valence-corrected chi connectivity index (χ3v) is 6.28. The van der Waals surface area contributed by atoms with Crippen LogP contribution in [0.15, 0.2) is 12.4 Å². The topological polar surface area (TPSA) is 70.5 Å². The van der Waals surface area contributed by atoms with Gasteiger partial charge in [-0.15, -0.1) is 0 Å². The number of ether oxygens (including phenoxy) is 1. The van der Waals surface area contributed by atoms with Gasteiger partial charge in [0.1, 0.15) is 12.1 Å². The molecular weight excluding hydrogens is 316 g/mol. The number of nitrogens with one attached hydrogen (secondary N) is 1. The van der Waals surface area contributed by atoms with E-state index in [1.165, 1.54) is 32.1 Å². The summed E-state index contributed by atoms with van der Waals surface area (Å²) in [5.74, 6) is 1.31. The maximum Gasteiger partial charge on any atom is 0.129 e. The van der Waals surface area contributed by atoms with Gasteiger partial charge in [0.15, 0.2) is 0 Å². The van der Waals surface area contributed by atoms with E-state index in [0.29, 0.717) is 5.92 Å². The Labute approximate surface area is 150 Å². The summed E-state index contributed by atoms with van der Waals surface area (Å²) in [6.07, 6.45) is 9.66. The molecule has 1 aliphatic heterocycles. The fourth-order valence-corrected chi connectivity index (χ4v) is 4.63. The second kappa shape index (κ2) is 7.56. The first kappa shape index (κ1) is 17.2. The van der Waals surface area contributed by atoms with Crippen molar-refractivity contribution in [2.45, 2.75) is 62.5 Å². The van der Waals surface area contributed by atoms with Gasteiger partial charge in [-0.25, -0.2) is 9.97 Å². The second-order valence-electron chi connectivity index (χ2n) is 7.89. The molecule has 1 aromatic heterocycles. The number of aliphatic hydroxyl groups excluding tert-OH is 1. The van der Waals surface area contributed by atoms with E-state index in [2.05, 4.69) is 26.3 Å². The van der Waals surface area contributed by atoms with Gasteiger partial charge < -0.3 is 15.2 Å². The quantitative estimate of drug-likeness (QED) is 0.851. The number of aromatic nitrogens is 2. The highest BCUT2D eigenvalue weighted by Crippen LogP contribution is 2.37. The summed E-state index contributed by atoms with van der Waals surface area (Å²) in [5, 5.41) is 13.1. The summed E-state index contributed by atoms with van der Waals surface area (Å²) in [4.78, 5) is 11.5. The van der Waals surface area contributed by atoms with Crippen LogP contribution in [0, 0.1) is 0 Å². The molecule has 2 saturated carbocycles. The Balaban J connectivity index is 1.43. The lowest BCUT2D eigenvalue weighted by Gasteiger charge is -2.48. The highest BCUT2D eigenvalue weighted by Gasteiger charge is 2.38. The van der Waals surface area contributed by atoms with Crippen molar-refractivity contribution in [3.63, 3.8) is 0 Å². The molecule has 0 unspecified atom stereocenters. The second-order valence-corrected chi connectivity index (χ2v) is 7.89. The average Bonchev–Trinajstić information content (AvgIpc) is 2.66. The van der Waals surface area contributed by atoms with Crippen molar-refractivity contribution in [3.05, 3.63) is 18.1 Å². The minimum atomic E-state index is -0.150. The van der Waals surface area contributed by atoms with Gasteiger partial charge in [-0.2, -0.15) is 0 Å². The van der Waals surface area contributed by atoms with E-state index >= 15 is 0 Å². The zero-order valence-electron chi connectivity index (χ0n) is 15.0. The number of hydrogen-bond acceptors (Lipinski definition) is 6. The molecule has 4 rings (SSSR count). The van der Waals surface area contributed by atoms with Crippen molar-refractivity contribution in [1.29, 1.82) is 0 Å². The average molecular weight is 346 g/mol. The first-order valence-electron chi connectivity index (χ1n) is 9.82. The predicted octanol–water partition coefficient (Wildman–Crippen LogP) is 2.16. The Hall–Kier alpha value is -1.24. The van der Waals surface area contributed by atoms with Crippen molar-refractivity contribution in [2.75, 3.05) is 38.2 Å². The number of rotatable bonds is 5. The summed E-state index contributed by atoms with van der Waals surface area (Å²) in [7, 11) is 0. The molecule has 0 atom stereocenters. The van der Waals surface area contributed by atoms with Crippen LogP contribution in [0.2, 0.25) is 0 Å². The number of anilines is 1. The van der Waals surface area contributed by atoms with Gasteiger partial charge in [-0.05, 0) is 25.7 Å². The van der Waals surface area contributed by atoms with Crippen LogP contribution in [-0.2, 0) is 4.74 Å². The molecule has 0 bridgehead atoms. The van der Waals surface area contributed by atoms with E-state index in [-0.39, 0.29) is 11.6 Å². The van der Waals surface area contributed by atoms with Gasteiger partial charge in [0.25, 0.3) is 0 Å². The van der Waals surface area contributed by atoms with Crippen LogP contribution in [0.5, 0.6) is 0 Å². The van der Waals surface area contributed by atoms with Gasteiger partial charge in [-0.1, -0.05) is 19.3 Å². The Morgan fingerprint density at radius 2 is 1.92 bits per heavy atom. The zero-order valence-corrected chi connectivity index (χ0v) is 15.0. The molecule has 25 heavy (non-hydrogen) atoms. The van der Waals surface area contributed by atoms with Crippen LogP contribution in [-0.4, -0.2) is 64.5 Å². The van der Waals surface area contributed by atoms with Crippen molar-refractivity contribution in [1.82, 2.24) is 14.9 Å². The Kier molecular flexibility index (Phi) is 5.20. The van der Waals surface area contributed by atoms with Crippen molar-refractivity contribution in [2.24, 2.45) is 0 Å². The third kappa shape index (κ3) is 3.81. The smallest absolute Gasteiger partial charge is 0.129 e. The van der Waals surface area contributed by atoms with Crippen LogP contribution >= 0.6 is 0 Å². The van der Waals surface area contributed by atoms with Gasteiger partial charge in [0, 0.05) is 42.9 Å². The molecule has 2 aliphatic carbocycles. The Bertz CT molecular complexity index is 564. The molecule has 6 nitrogen and oxygen atoms in total. The molecule has 6 heteroatoms. The fraction of sp³-hybridized carbons (Fsp3) is 0.789. The van der Waals surface area contributed by atoms with E-state index < -0.39 is 0 Å². The van der Waals surface area contributed by atoms with Crippen molar-refractivity contribution in [3.8, 4) is 0 Å². The lowest BCUT2D eigenvalue weighted by atomic mass is 9.79. The molecule has 2 N–H and O–H groups in total. The summed E-state index contributed by atoms with van der Waals surface area (Å²) in [6, 6.07) is 2.08. The molecule has 3 fully saturated rings. The van der Waals surface area contributed by atoms with E-state index in [0.717, 1.165) is 57.2 Å². The van der Waals surface area contributed by atoms with E-state index in [4.69, 9.17) is 4.74 Å². The third-order valence-electron chi connectivity index (χ3n) is 6.28. The summed E-state index contributed by atoms with van der Waals surface area (Å²) in [6.45, 7) is 4.72. The van der Waals surface area contributed by atoms with Crippen molar-refractivity contribution >= 4 is 5.82 Å². The maximum atomic E-state index is 9.53.